The van der Waals surface area contributed by atoms with Crippen LogP contribution in [0.4, 0.5) is 0 Å². The zero-order valence-electron chi connectivity index (χ0n) is 8.23. The maximum Gasteiger partial charge on any atom is 0.150 e. The smallest absolute Gasteiger partial charge is 0.150 e. The summed E-state index contributed by atoms with van der Waals surface area (Å²) in [6.45, 7) is 0. The van der Waals surface area contributed by atoms with Gasteiger partial charge in [-0.05, 0) is 34.4 Å². The van der Waals surface area contributed by atoms with Gasteiger partial charge in [-0.25, -0.2) is 0 Å². The van der Waals surface area contributed by atoms with Crippen LogP contribution in [0.15, 0.2) is 36.4 Å². The van der Waals surface area contributed by atoms with Gasteiger partial charge < -0.3 is 0 Å². The zero-order valence-corrected chi connectivity index (χ0v) is 8.23. The van der Waals surface area contributed by atoms with Crippen molar-refractivity contribution in [3.8, 4) is 0 Å². The van der Waals surface area contributed by atoms with Crippen molar-refractivity contribution < 1.29 is 4.79 Å². The predicted octanol–water partition coefficient (Wildman–Crippen LogP) is 3.22. The van der Waals surface area contributed by atoms with E-state index in [-0.39, 0.29) is 0 Å². The Morgan fingerprint density at radius 3 is 2.93 bits per heavy atom. The second-order valence-corrected chi connectivity index (χ2v) is 3.80. The Labute approximate surface area is 88.0 Å². The van der Waals surface area contributed by atoms with Crippen LogP contribution in [0.2, 0.25) is 0 Å². The molecule has 0 unspecified atom stereocenters. The van der Waals surface area contributed by atoms with Gasteiger partial charge in [-0.2, -0.15) is 0 Å². The third-order valence-electron chi connectivity index (χ3n) is 2.97. The SMILES string of the molecule is O=Cc1cc2ccccc2c2c1C=CC2. The van der Waals surface area contributed by atoms with E-state index < -0.39 is 0 Å². The molecule has 0 saturated carbocycles. The molecule has 1 aliphatic rings. The van der Waals surface area contributed by atoms with Crippen LogP contribution in [-0.2, 0) is 6.42 Å². The Balaban J connectivity index is 2.48. The van der Waals surface area contributed by atoms with Gasteiger partial charge in [0.25, 0.3) is 0 Å². The lowest BCUT2D eigenvalue weighted by Crippen LogP contribution is -1.91. The lowest BCUT2D eigenvalue weighted by atomic mass is 9.96. The fourth-order valence-corrected chi connectivity index (χ4v) is 2.27. The van der Waals surface area contributed by atoms with E-state index in [1.54, 1.807) is 0 Å². The highest BCUT2D eigenvalue weighted by atomic mass is 16.1. The highest BCUT2D eigenvalue weighted by Gasteiger charge is 2.13. The summed E-state index contributed by atoms with van der Waals surface area (Å²) in [7, 11) is 0. The number of carbonyl (C=O) groups is 1. The lowest BCUT2D eigenvalue weighted by Gasteiger charge is -2.07. The maximum atomic E-state index is 11.0. The number of fused-ring (bicyclic) bond motifs is 3. The molecule has 0 bridgehead atoms. The molecule has 0 aromatic heterocycles. The van der Waals surface area contributed by atoms with E-state index in [1.165, 1.54) is 10.9 Å². The van der Waals surface area contributed by atoms with Crippen molar-refractivity contribution in [1.82, 2.24) is 0 Å². The second-order valence-electron chi connectivity index (χ2n) is 3.80. The van der Waals surface area contributed by atoms with Crippen molar-refractivity contribution in [3.05, 3.63) is 53.1 Å². The van der Waals surface area contributed by atoms with Crippen molar-refractivity contribution in [2.75, 3.05) is 0 Å². The molecule has 0 aliphatic heterocycles. The van der Waals surface area contributed by atoms with Gasteiger partial charge in [0.1, 0.15) is 0 Å². The molecular weight excluding hydrogens is 184 g/mol. The van der Waals surface area contributed by atoms with Crippen LogP contribution >= 0.6 is 0 Å². The van der Waals surface area contributed by atoms with Crippen molar-refractivity contribution in [2.24, 2.45) is 0 Å². The van der Waals surface area contributed by atoms with Crippen LogP contribution in [0.1, 0.15) is 21.5 Å². The summed E-state index contributed by atoms with van der Waals surface area (Å²) in [5, 5.41) is 2.42. The first-order chi connectivity index (χ1) is 7.40. The molecule has 0 atom stereocenters. The van der Waals surface area contributed by atoms with Crippen LogP contribution in [0.3, 0.4) is 0 Å². The normalized spacial score (nSPS) is 13.1. The summed E-state index contributed by atoms with van der Waals surface area (Å²) in [4.78, 5) is 11.0. The van der Waals surface area contributed by atoms with Crippen LogP contribution in [0.5, 0.6) is 0 Å². The molecular formula is C14H10O. The molecule has 1 heteroatoms. The largest absolute Gasteiger partial charge is 0.298 e. The number of benzene rings is 2. The molecule has 0 heterocycles. The Bertz CT molecular complexity index is 579. The predicted molar refractivity (Wildman–Crippen MR) is 62.1 cm³/mol. The van der Waals surface area contributed by atoms with Crippen molar-refractivity contribution in [2.45, 2.75) is 6.42 Å². The van der Waals surface area contributed by atoms with Gasteiger partial charge in [-0.3, -0.25) is 4.79 Å². The van der Waals surface area contributed by atoms with E-state index in [4.69, 9.17) is 0 Å². The highest BCUT2D eigenvalue weighted by molar-refractivity contribution is 5.97. The fraction of sp³-hybridized carbons (Fsp3) is 0.0714. The Kier molecular flexibility index (Phi) is 1.72. The number of hydrogen-bond acceptors (Lipinski definition) is 1. The molecule has 15 heavy (non-hydrogen) atoms. The summed E-state index contributed by atoms with van der Waals surface area (Å²) in [5.74, 6) is 0. The molecule has 0 fully saturated rings. The van der Waals surface area contributed by atoms with E-state index in [9.17, 15) is 4.79 Å². The number of aldehydes is 1. The van der Waals surface area contributed by atoms with Crippen LogP contribution in [-0.4, -0.2) is 6.29 Å². The van der Waals surface area contributed by atoms with Gasteiger partial charge >= 0.3 is 0 Å². The van der Waals surface area contributed by atoms with Gasteiger partial charge in [0, 0.05) is 5.56 Å². The standard InChI is InChI=1S/C14H10O/c15-9-11-8-10-4-1-2-5-12(10)14-7-3-6-13(11)14/h1-6,8-9H,7H2. The first kappa shape index (κ1) is 8.42. The van der Waals surface area contributed by atoms with Crippen molar-refractivity contribution >= 4 is 23.1 Å². The number of carbonyl (C=O) groups excluding carboxylic acids is 1. The molecule has 0 amide bonds. The number of allylic oxidation sites excluding steroid dienone is 1. The number of hydrogen-bond donors (Lipinski definition) is 0. The Morgan fingerprint density at radius 1 is 1.20 bits per heavy atom. The Hall–Kier alpha value is -1.89. The average Bonchev–Trinajstić information content (AvgIpc) is 2.77. The molecule has 1 nitrogen and oxygen atoms in total. The van der Waals surface area contributed by atoms with Gasteiger partial charge in [0.2, 0.25) is 0 Å². The third kappa shape index (κ3) is 1.13. The topological polar surface area (TPSA) is 17.1 Å². The second kappa shape index (κ2) is 3.06. The zero-order chi connectivity index (χ0) is 10.3. The van der Waals surface area contributed by atoms with Gasteiger partial charge in [0.15, 0.2) is 6.29 Å². The minimum atomic E-state index is 0.803. The molecule has 0 radical (unpaired) electrons. The van der Waals surface area contributed by atoms with Crippen LogP contribution < -0.4 is 0 Å². The molecule has 0 saturated heterocycles. The summed E-state index contributed by atoms with van der Waals surface area (Å²) >= 11 is 0. The quantitative estimate of drug-likeness (QED) is 0.637. The highest BCUT2D eigenvalue weighted by Crippen LogP contribution is 2.30. The van der Waals surface area contributed by atoms with Crippen LogP contribution in [0.25, 0.3) is 16.8 Å². The molecule has 2 aromatic carbocycles. The molecule has 0 N–H and O–H groups in total. The summed E-state index contributed by atoms with van der Waals surface area (Å²) in [6, 6.07) is 10.2. The van der Waals surface area contributed by atoms with Gasteiger partial charge in [0.05, 0.1) is 0 Å². The van der Waals surface area contributed by atoms with Gasteiger partial charge in [-0.1, -0.05) is 36.4 Å². The molecule has 3 rings (SSSR count). The summed E-state index contributed by atoms with van der Waals surface area (Å²) in [5.41, 5.74) is 3.19. The van der Waals surface area contributed by atoms with E-state index in [1.807, 2.05) is 24.3 Å². The average molecular weight is 194 g/mol. The molecule has 2 aromatic rings. The van der Waals surface area contributed by atoms with Gasteiger partial charge in [-0.15, -0.1) is 0 Å². The maximum absolute atomic E-state index is 11.0. The number of rotatable bonds is 1. The monoisotopic (exact) mass is 194 g/mol. The summed E-state index contributed by atoms with van der Waals surface area (Å²) < 4.78 is 0. The van der Waals surface area contributed by atoms with E-state index in [0.717, 1.165) is 29.2 Å². The third-order valence-corrected chi connectivity index (χ3v) is 2.97. The van der Waals surface area contributed by atoms with E-state index in [2.05, 4.69) is 18.2 Å². The van der Waals surface area contributed by atoms with Crippen molar-refractivity contribution in [1.29, 1.82) is 0 Å². The lowest BCUT2D eigenvalue weighted by molar-refractivity contribution is 0.112. The minimum Gasteiger partial charge on any atom is -0.298 e. The van der Waals surface area contributed by atoms with Crippen molar-refractivity contribution in [3.63, 3.8) is 0 Å². The molecule has 72 valence electrons. The first-order valence-corrected chi connectivity index (χ1v) is 5.06. The summed E-state index contributed by atoms with van der Waals surface area (Å²) in [6.07, 6.45) is 6.05. The van der Waals surface area contributed by atoms with E-state index in [0.29, 0.717) is 0 Å². The molecule has 1 aliphatic carbocycles. The minimum absolute atomic E-state index is 0.803. The molecule has 0 spiro atoms. The Morgan fingerprint density at radius 2 is 2.07 bits per heavy atom. The fourth-order valence-electron chi connectivity index (χ4n) is 2.27. The first-order valence-electron chi connectivity index (χ1n) is 5.06. The van der Waals surface area contributed by atoms with E-state index >= 15 is 0 Å². The van der Waals surface area contributed by atoms with Crippen LogP contribution in [0, 0.1) is 0 Å².